The summed E-state index contributed by atoms with van der Waals surface area (Å²) in [7, 11) is -2.23. The van der Waals surface area contributed by atoms with E-state index < -0.39 is 20.5 Å². The molecule has 33 heavy (non-hydrogen) atoms. The fraction of sp³-hybridized carbons (Fsp3) is 0.321. The van der Waals surface area contributed by atoms with Crippen LogP contribution in [0.3, 0.4) is 0 Å². The van der Waals surface area contributed by atoms with Gasteiger partial charge in [-0.25, -0.2) is 0 Å². The zero-order chi connectivity index (χ0) is 24.1. The van der Waals surface area contributed by atoms with Crippen molar-refractivity contribution < 1.29 is 13.6 Å². The zero-order valence-corrected chi connectivity index (χ0v) is 21.3. The minimum atomic E-state index is -2.23. The zero-order valence-electron chi connectivity index (χ0n) is 20.3. The fourth-order valence-corrected chi connectivity index (χ4v) is 4.84. The summed E-state index contributed by atoms with van der Waals surface area (Å²) < 4.78 is 12.9. The van der Waals surface area contributed by atoms with Crippen LogP contribution in [0.5, 0.6) is 0 Å². The molecule has 0 spiro atoms. The summed E-state index contributed by atoms with van der Waals surface area (Å²) in [6, 6.07) is 23.5. The summed E-state index contributed by atoms with van der Waals surface area (Å²) in [6.45, 7) is 15.3. The minimum absolute atomic E-state index is 0.00815. The lowest BCUT2D eigenvalue weighted by molar-refractivity contribution is -0.132. The molecular formula is C28H35NO3Si. The van der Waals surface area contributed by atoms with Crippen LogP contribution in [0.2, 0.25) is 18.1 Å². The van der Waals surface area contributed by atoms with Crippen molar-refractivity contribution in [3.05, 3.63) is 109 Å². The number of rotatable bonds is 9. The Labute approximate surface area is 199 Å². The first-order valence-electron chi connectivity index (χ1n) is 11.4. The molecule has 3 aromatic rings. The molecule has 4 nitrogen and oxygen atoms in total. The number of amides is 1. The first kappa shape index (κ1) is 24.7. The molecule has 0 radical (unpaired) electrons. The number of carbonyl (C=O) groups excluding carboxylic acids is 1. The lowest BCUT2D eigenvalue weighted by atomic mass is 9.97. The second-order valence-corrected chi connectivity index (χ2v) is 14.6. The van der Waals surface area contributed by atoms with Crippen LogP contribution in [0.25, 0.3) is 0 Å². The Morgan fingerprint density at radius 2 is 1.64 bits per heavy atom. The van der Waals surface area contributed by atoms with E-state index in [1.54, 1.807) is 6.26 Å². The highest BCUT2D eigenvalue weighted by molar-refractivity contribution is 6.74. The molecule has 2 atom stereocenters. The van der Waals surface area contributed by atoms with Crippen LogP contribution in [0.1, 0.15) is 49.8 Å². The maximum atomic E-state index is 13.3. The van der Waals surface area contributed by atoms with E-state index in [0.29, 0.717) is 12.3 Å². The van der Waals surface area contributed by atoms with Gasteiger partial charge in [0.15, 0.2) is 8.32 Å². The van der Waals surface area contributed by atoms with E-state index in [9.17, 15) is 4.79 Å². The first-order valence-corrected chi connectivity index (χ1v) is 14.3. The van der Waals surface area contributed by atoms with E-state index in [-0.39, 0.29) is 10.9 Å². The standard InChI is InChI=1S/C28H35NO3Si/c1-7-25(30)29(21-22-15-10-8-11-16-22)26(23-17-12-9-13-18-23)27(24-19-14-20-31-24)32-33(5,6)28(2,3)4/h7-20,26-27H,1,21H2,2-6H3/t26-,27+/m0/s1. The van der Waals surface area contributed by atoms with Crippen molar-refractivity contribution in [2.75, 3.05) is 0 Å². The highest BCUT2D eigenvalue weighted by atomic mass is 28.4. The molecule has 1 heterocycles. The average molecular weight is 462 g/mol. The van der Waals surface area contributed by atoms with Crippen LogP contribution in [0.4, 0.5) is 0 Å². The maximum Gasteiger partial charge on any atom is 0.246 e. The van der Waals surface area contributed by atoms with Gasteiger partial charge in [-0.3, -0.25) is 4.79 Å². The van der Waals surface area contributed by atoms with Gasteiger partial charge in [0.2, 0.25) is 5.91 Å². The summed E-state index contributed by atoms with van der Waals surface area (Å²) in [4.78, 5) is 15.1. The molecule has 174 valence electrons. The number of hydrogen-bond donors (Lipinski definition) is 0. The molecule has 0 bridgehead atoms. The van der Waals surface area contributed by atoms with E-state index in [4.69, 9.17) is 8.84 Å². The van der Waals surface area contributed by atoms with Gasteiger partial charge < -0.3 is 13.7 Å². The van der Waals surface area contributed by atoms with Gasteiger partial charge in [0.05, 0.1) is 12.3 Å². The van der Waals surface area contributed by atoms with Crippen LogP contribution in [-0.2, 0) is 15.8 Å². The Morgan fingerprint density at radius 3 is 2.15 bits per heavy atom. The van der Waals surface area contributed by atoms with Crippen molar-refractivity contribution in [2.45, 2.75) is 57.6 Å². The van der Waals surface area contributed by atoms with Crippen molar-refractivity contribution >= 4 is 14.2 Å². The summed E-state index contributed by atoms with van der Waals surface area (Å²) >= 11 is 0. The van der Waals surface area contributed by atoms with Crippen LogP contribution < -0.4 is 0 Å². The smallest absolute Gasteiger partial charge is 0.246 e. The average Bonchev–Trinajstić information content (AvgIpc) is 3.33. The van der Waals surface area contributed by atoms with Gasteiger partial charge >= 0.3 is 0 Å². The summed E-state index contributed by atoms with van der Waals surface area (Å²) in [5, 5.41) is -0.00815. The van der Waals surface area contributed by atoms with Crippen molar-refractivity contribution in [1.82, 2.24) is 4.90 Å². The maximum absolute atomic E-state index is 13.3. The van der Waals surface area contributed by atoms with E-state index in [0.717, 1.165) is 11.1 Å². The number of carbonyl (C=O) groups is 1. The Hall–Kier alpha value is -2.89. The SMILES string of the molecule is C=CC(=O)N(Cc1ccccc1)[C@@H](c1ccccc1)[C@H](O[Si](C)(C)C(C)(C)C)c1ccco1. The molecule has 0 aliphatic rings. The highest BCUT2D eigenvalue weighted by Gasteiger charge is 2.44. The van der Waals surface area contributed by atoms with E-state index in [1.807, 2.05) is 77.7 Å². The molecule has 0 saturated carbocycles. The van der Waals surface area contributed by atoms with Gasteiger partial charge in [0.25, 0.3) is 0 Å². The fourth-order valence-electron chi connectivity index (χ4n) is 3.60. The molecule has 3 rings (SSSR count). The number of hydrogen-bond acceptors (Lipinski definition) is 3. The normalized spacial score (nSPS) is 13.8. The second kappa shape index (κ2) is 10.4. The van der Waals surface area contributed by atoms with E-state index in [2.05, 4.69) is 40.4 Å². The number of benzene rings is 2. The third-order valence-corrected chi connectivity index (χ3v) is 10.9. The van der Waals surface area contributed by atoms with Gasteiger partial charge in [-0.2, -0.15) is 0 Å². The van der Waals surface area contributed by atoms with Gasteiger partial charge in [-0.1, -0.05) is 88.0 Å². The molecule has 0 aliphatic carbocycles. The van der Waals surface area contributed by atoms with Gasteiger partial charge in [0.1, 0.15) is 11.9 Å². The summed E-state index contributed by atoms with van der Waals surface area (Å²) in [5.74, 6) is 0.562. The minimum Gasteiger partial charge on any atom is -0.467 e. The summed E-state index contributed by atoms with van der Waals surface area (Å²) in [5.41, 5.74) is 2.03. The molecule has 0 N–H and O–H groups in total. The van der Waals surface area contributed by atoms with Crippen molar-refractivity contribution in [2.24, 2.45) is 0 Å². The Kier molecular flexibility index (Phi) is 7.77. The van der Waals surface area contributed by atoms with Crippen molar-refractivity contribution in [1.29, 1.82) is 0 Å². The topological polar surface area (TPSA) is 42.7 Å². The van der Waals surface area contributed by atoms with Gasteiger partial charge in [0, 0.05) is 6.54 Å². The van der Waals surface area contributed by atoms with E-state index in [1.165, 1.54) is 6.08 Å². The van der Waals surface area contributed by atoms with Gasteiger partial charge in [-0.05, 0) is 47.5 Å². The molecule has 0 saturated heterocycles. The van der Waals surface area contributed by atoms with Gasteiger partial charge in [-0.15, -0.1) is 0 Å². The lowest BCUT2D eigenvalue weighted by Crippen LogP contribution is -2.45. The Morgan fingerprint density at radius 1 is 1.03 bits per heavy atom. The summed E-state index contributed by atoms with van der Waals surface area (Å²) in [6.07, 6.45) is 2.58. The van der Waals surface area contributed by atoms with Crippen LogP contribution in [-0.4, -0.2) is 19.1 Å². The third-order valence-electron chi connectivity index (χ3n) is 6.47. The molecule has 0 aliphatic heterocycles. The predicted molar refractivity (Wildman–Crippen MR) is 136 cm³/mol. The Bertz CT molecular complexity index is 1020. The first-order chi connectivity index (χ1) is 15.6. The molecule has 5 heteroatoms. The molecule has 2 aromatic carbocycles. The molecule has 0 unspecified atom stereocenters. The lowest BCUT2D eigenvalue weighted by Gasteiger charge is -2.43. The largest absolute Gasteiger partial charge is 0.467 e. The predicted octanol–water partition coefficient (Wildman–Crippen LogP) is 7.30. The van der Waals surface area contributed by atoms with Crippen LogP contribution in [0.15, 0.2) is 96.1 Å². The van der Waals surface area contributed by atoms with Crippen molar-refractivity contribution in [3.8, 4) is 0 Å². The van der Waals surface area contributed by atoms with Crippen molar-refractivity contribution in [3.63, 3.8) is 0 Å². The quantitative estimate of drug-likeness (QED) is 0.248. The Balaban J connectivity index is 2.16. The van der Waals surface area contributed by atoms with E-state index >= 15 is 0 Å². The second-order valence-electron chi connectivity index (χ2n) is 9.83. The highest BCUT2D eigenvalue weighted by Crippen LogP contribution is 2.45. The molecule has 1 aromatic heterocycles. The molecular weight excluding hydrogens is 426 g/mol. The number of furan rings is 1. The number of nitrogens with zero attached hydrogens (tertiary/aromatic N) is 1. The third kappa shape index (κ3) is 5.92. The monoisotopic (exact) mass is 461 g/mol. The van der Waals surface area contributed by atoms with Crippen LogP contribution in [0, 0.1) is 0 Å². The molecule has 1 amide bonds. The molecule has 0 fully saturated rings. The van der Waals surface area contributed by atoms with Crippen LogP contribution >= 0.6 is 0 Å².